The Hall–Kier alpha value is -4.92. The van der Waals surface area contributed by atoms with Crippen LogP contribution in [0.4, 0.5) is 13.2 Å². The molecule has 0 spiro atoms. The molecule has 208 valence electrons. The van der Waals surface area contributed by atoms with Crippen molar-refractivity contribution in [2.24, 2.45) is 0 Å². The number of hydrogen-bond acceptors (Lipinski definition) is 4. The molecule has 9 heteroatoms. The van der Waals surface area contributed by atoms with E-state index in [0.29, 0.717) is 40.4 Å². The molecule has 1 saturated carbocycles. The van der Waals surface area contributed by atoms with Crippen molar-refractivity contribution in [3.05, 3.63) is 132 Å². The third-order valence-electron chi connectivity index (χ3n) is 6.47. The number of hydrogen-bond donors (Lipinski definition) is 1. The monoisotopic (exact) mass is 557 g/mol. The highest BCUT2D eigenvalue weighted by molar-refractivity contribution is 5.89. The van der Waals surface area contributed by atoms with Gasteiger partial charge in [0.25, 0.3) is 0 Å². The zero-order chi connectivity index (χ0) is 28.8. The summed E-state index contributed by atoms with van der Waals surface area (Å²) in [6.07, 6.45) is -1.80. The fraction of sp³-hybridized carbons (Fsp3) is 0.156. The van der Waals surface area contributed by atoms with Crippen LogP contribution in [-0.2, 0) is 12.8 Å². The molecule has 6 rings (SSSR count). The Kier molecular flexibility index (Phi) is 8.14. The number of rotatable bonds is 7. The molecule has 3 aromatic carbocycles. The fourth-order valence-corrected chi connectivity index (χ4v) is 4.30. The average Bonchev–Trinajstić information content (AvgIpc) is 3.73. The molecule has 0 unspecified atom stereocenters. The van der Waals surface area contributed by atoms with Gasteiger partial charge in [0.05, 0.1) is 11.9 Å². The normalized spacial score (nSPS) is 12.8. The van der Waals surface area contributed by atoms with E-state index in [0.717, 1.165) is 5.56 Å². The zero-order valence-corrected chi connectivity index (χ0v) is 21.8. The van der Waals surface area contributed by atoms with E-state index in [1.54, 1.807) is 30.3 Å². The molecule has 0 aliphatic heterocycles. The predicted molar refractivity (Wildman–Crippen MR) is 148 cm³/mol. The van der Waals surface area contributed by atoms with Crippen LogP contribution in [0.5, 0.6) is 5.75 Å². The average molecular weight is 558 g/mol. The Labute approximate surface area is 234 Å². The Bertz CT molecular complexity index is 1590. The van der Waals surface area contributed by atoms with Crippen LogP contribution in [-0.4, -0.2) is 25.8 Å². The summed E-state index contributed by atoms with van der Waals surface area (Å²) in [7, 11) is 0. The molecule has 0 radical (unpaired) electrons. The lowest BCUT2D eigenvalue weighted by atomic mass is 10.1. The molecule has 1 fully saturated rings. The van der Waals surface area contributed by atoms with Gasteiger partial charge in [-0.15, -0.1) is 0 Å². The van der Waals surface area contributed by atoms with E-state index < -0.39 is 23.4 Å². The van der Waals surface area contributed by atoms with Crippen LogP contribution in [0.25, 0.3) is 17.1 Å². The number of aromatic carboxylic acids is 1. The first-order chi connectivity index (χ1) is 19.8. The first kappa shape index (κ1) is 27.6. The maximum absolute atomic E-state index is 13.6. The number of pyridine rings is 1. The molecule has 0 bridgehead atoms. The fourth-order valence-electron chi connectivity index (χ4n) is 4.30. The summed E-state index contributed by atoms with van der Waals surface area (Å²) >= 11 is 0. The third-order valence-corrected chi connectivity index (χ3v) is 6.47. The number of para-hydroxylation sites is 1. The van der Waals surface area contributed by atoms with E-state index in [1.165, 1.54) is 30.5 Å². The Morgan fingerprint density at radius 1 is 0.878 bits per heavy atom. The van der Waals surface area contributed by atoms with E-state index >= 15 is 0 Å². The van der Waals surface area contributed by atoms with E-state index in [9.17, 15) is 18.0 Å². The minimum atomic E-state index is -4.93. The number of carboxylic acid groups (broad SMARTS) is 1. The summed E-state index contributed by atoms with van der Waals surface area (Å²) in [6, 6.07) is 31.9. The van der Waals surface area contributed by atoms with E-state index in [1.807, 2.05) is 48.5 Å². The van der Waals surface area contributed by atoms with Crippen molar-refractivity contribution < 1.29 is 27.8 Å². The second kappa shape index (κ2) is 12.1. The molecule has 0 saturated heterocycles. The molecule has 5 aromatic rings. The second-order valence-corrected chi connectivity index (χ2v) is 9.46. The molecule has 2 aromatic heterocycles. The number of halogens is 3. The molecular formula is C32H26F3N3O3. The van der Waals surface area contributed by atoms with Gasteiger partial charge in [0, 0.05) is 5.56 Å². The topological polar surface area (TPSA) is 77.2 Å². The molecular weight excluding hydrogens is 531 g/mol. The maximum atomic E-state index is 13.6. The lowest BCUT2D eigenvalue weighted by Gasteiger charge is -2.14. The molecule has 41 heavy (non-hydrogen) atoms. The number of aromatic nitrogens is 3. The van der Waals surface area contributed by atoms with E-state index in [2.05, 4.69) is 22.2 Å². The molecule has 1 N–H and O–H groups in total. The lowest BCUT2D eigenvalue weighted by molar-refractivity contribution is -0.143. The summed E-state index contributed by atoms with van der Waals surface area (Å²) in [5.41, 5.74) is 0.942. The standard InChI is InChI=1S/C26H20F3N3O3.C6H6/c27-26(28,29)24-20(25(33)34)14-30-32(24)23-7-3-5-21(31-23)19-4-1-2-6-22(19)35-15-16-8-10-17(11-9-16)18-12-13-18;1-2-4-6-5-3-1/h1-11,14,18H,12-13,15H2,(H,33,34);1-6H. The van der Waals surface area contributed by atoms with Gasteiger partial charge in [-0.05, 0) is 54.2 Å². The van der Waals surface area contributed by atoms with E-state index in [4.69, 9.17) is 9.84 Å². The number of carbonyl (C=O) groups is 1. The Morgan fingerprint density at radius 3 is 2.15 bits per heavy atom. The molecule has 2 heterocycles. The summed E-state index contributed by atoms with van der Waals surface area (Å²) in [5.74, 6) is -0.689. The van der Waals surface area contributed by atoms with Crippen molar-refractivity contribution in [1.82, 2.24) is 14.8 Å². The summed E-state index contributed by atoms with van der Waals surface area (Å²) in [4.78, 5) is 15.6. The van der Waals surface area contributed by atoms with E-state index in [-0.39, 0.29) is 5.82 Å². The first-order valence-electron chi connectivity index (χ1n) is 13.0. The predicted octanol–water partition coefficient (Wildman–Crippen LogP) is 7.79. The maximum Gasteiger partial charge on any atom is 0.434 e. The van der Waals surface area contributed by atoms with Crippen LogP contribution in [0.1, 0.15) is 45.9 Å². The quantitative estimate of drug-likeness (QED) is 0.221. The number of benzene rings is 3. The molecule has 1 aliphatic rings. The SMILES string of the molecule is O=C(O)c1cnn(-c2cccc(-c3ccccc3OCc3ccc(C4CC4)cc3)n2)c1C(F)(F)F.c1ccccc1. The Balaban J connectivity index is 0.000000500. The largest absolute Gasteiger partial charge is 0.488 e. The zero-order valence-electron chi connectivity index (χ0n) is 21.8. The van der Waals surface area contributed by atoms with Gasteiger partial charge in [-0.2, -0.15) is 18.3 Å². The smallest absolute Gasteiger partial charge is 0.434 e. The lowest BCUT2D eigenvalue weighted by Crippen LogP contribution is -2.18. The molecule has 0 atom stereocenters. The second-order valence-electron chi connectivity index (χ2n) is 9.46. The number of ether oxygens (including phenoxy) is 1. The number of nitrogens with zero attached hydrogens (tertiary/aromatic N) is 3. The highest BCUT2D eigenvalue weighted by atomic mass is 19.4. The minimum absolute atomic E-state index is 0.159. The van der Waals surface area contributed by atoms with Crippen molar-refractivity contribution >= 4 is 5.97 Å². The van der Waals surface area contributed by atoms with Gasteiger partial charge in [-0.1, -0.05) is 78.9 Å². The van der Waals surface area contributed by atoms with Gasteiger partial charge in [0.2, 0.25) is 0 Å². The number of carboxylic acids is 1. The highest BCUT2D eigenvalue weighted by Crippen LogP contribution is 2.40. The third kappa shape index (κ3) is 6.81. The molecule has 1 aliphatic carbocycles. The van der Waals surface area contributed by atoms with Crippen LogP contribution in [0.3, 0.4) is 0 Å². The number of alkyl halides is 3. The van der Waals surface area contributed by atoms with Crippen LogP contribution < -0.4 is 4.74 Å². The summed E-state index contributed by atoms with van der Waals surface area (Å²) in [5, 5.41) is 12.8. The van der Waals surface area contributed by atoms with Crippen molar-refractivity contribution in [3.8, 4) is 22.8 Å². The van der Waals surface area contributed by atoms with Gasteiger partial charge in [0.15, 0.2) is 11.5 Å². The molecule has 6 nitrogen and oxygen atoms in total. The van der Waals surface area contributed by atoms with Gasteiger partial charge < -0.3 is 9.84 Å². The van der Waals surface area contributed by atoms with Gasteiger partial charge in [0.1, 0.15) is 17.9 Å². The highest BCUT2D eigenvalue weighted by Gasteiger charge is 2.41. The van der Waals surface area contributed by atoms with Gasteiger partial charge in [-0.25, -0.2) is 14.5 Å². The minimum Gasteiger partial charge on any atom is -0.488 e. The van der Waals surface area contributed by atoms with Crippen molar-refractivity contribution in [2.75, 3.05) is 0 Å². The van der Waals surface area contributed by atoms with Gasteiger partial charge in [-0.3, -0.25) is 0 Å². The van der Waals surface area contributed by atoms with Crippen LogP contribution in [0.2, 0.25) is 0 Å². The van der Waals surface area contributed by atoms with Crippen LogP contribution >= 0.6 is 0 Å². The van der Waals surface area contributed by atoms with Crippen molar-refractivity contribution in [1.29, 1.82) is 0 Å². The molecule has 0 amide bonds. The van der Waals surface area contributed by atoms with Crippen molar-refractivity contribution in [2.45, 2.75) is 31.5 Å². The van der Waals surface area contributed by atoms with Crippen molar-refractivity contribution in [3.63, 3.8) is 0 Å². The summed E-state index contributed by atoms with van der Waals surface area (Å²) < 4.78 is 47.4. The summed E-state index contributed by atoms with van der Waals surface area (Å²) in [6.45, 7) is 0.320. The van der Waals surface area contributed by atoms with Crippen LogP contribution in [0, 0.1) is 0 Å². The first-order valence-corrected chi connectivity index (χ1v) is 13.0. The van der Waals surface area contributed by atoms with Gasteiger partial charge >= 0.3 is 12.1 Å². The van der Waals surface area contributed by atoms with Crippen LogP contribution in [0.15, 0.2) is 109 Å². The Morgan fingerprint density at radius 2 is 1.54 bits per heavy atom.